The summed E-state index contributed by atoms with van der Waals surface area (Å²) >= 11 is 0. The Morgan fingerprint density at radius 1 is 1.27 bits per heavy atom. The predicted octanol–water partition coefficient (Wildman–Crippen LogP) is 4.42. The molecule has 0 aromatic carbocycles. The Kier molecular flexibility index (Phi) is 2.06. The van der Waals surface area contributed by atoms with Crippen LogP contribution in [0.1, 0.15) is 52.4 Å². The van der Waals surface area contributed by atoms with E-state index < -0.39 is 0 Å². The van der Waals surface area contributed by atoms with Gasteiger partial charge in [0.15, 0.2) is 0 Å². The van der Waals surface area contributed by atoms with Crippen molar-refractivity contribution < 1.29 is 0 Å². The van der Waals surface area contributed by atoms with E-state index >= 15 is 0 Å². The lowest BCUT2D eigenvalue weighted by Gasteiger charge is -2.40. The summed E-state index contributed by atoms with van der Waals surface area (Å²) in [5.74, 6) is 3.92. The van der Waals surface area contributed by atoms with Crippen LogP contribution in [0.4, 0.5) is 0 Å². The van der Waals surface area contributed by atoms with E-state index in [1.54, 1.807) is 5.57 Å². The Hall–Kier alpha value is -0.260. The van der Waals surface area contributed by atoms with Crippen molar-refractivity contribution in [1.82, 2.24) is 0 Å². The zero-order valence-corrected chi connectivity index (χ0v) is 10.3. The van der Waals surface area contributed by atoms with Gasteiger partial charge in [0.2, 0.25) is 0 Å². The van der Waals surface area contributed by atoms with Gasteiger partial charge in [0.05, 0.1) is 0 Å². The highest BCUT2D eigenvalue weighted by atomic mass is 14.6. The lowest BCUT2D eigenvalue weighted by atomic mass is 9.65. The van der Waals surface area contributed by atoms with E-state index in [0.717, 1.165) is 23.7 Å². The molecule has 0 radical (unpaired) electrons. The first-order valence-corrected chi connectivity index (χ1v) is 6.78. The van der Waals surface area contributed by atoms with Gasteiger partial charge in [-0.3, -0.25) is 0 Å². The minimum Gasteiger partial charge on any atom is -0.0996 e. The Morgan fingerprint density at radius 3 is 2.80 bits per heavy atom. The van der Waals surface area contributed by atoms with E-state index in [-0.39, 0.29) is 0 Å². The van der Waals surface area contributed by atoms with E-state index in [0.29, 0.717) is 5.41 Å². The Labute approximate surface area is 94.1 Å². The Morgan fingerprint density at radius 2 is 2.07 bits per heavy atom. The largest absolute Gasteiger partial charge is 0.0996 e. The van der Waals surface area contributed by atoms with Gasteiger partial charge in [0.1, 0.15) is 0 Å². The molecule has 0 spiro atoms. The molecular weight excluding hydrogens is 180 g/mol. The SMILES string of the molecule is C=C1CC2(C)CC[C@@H]1CC1C2CC[C@@H]1C. The van der Waals surface area contributed by atoms with Crippen LogP contribution in [-0.2, 0) is 0 Å². The molecule has 0 saturated heterocycles. The van der Waals surface area contributed by atoms with Crippen LogP contribution in [0.3, 0.4) is 0 Å². The fourth-order valence-electron chi connectivity index (χ4n) is 4.92. The molecule has 2 bridgehead atoms. The van der Waals surface area contributed by atoms with Gasteiger partial charge in [-0.25, -0.2) is 0 Å². The molecule has 4 aliphatic rings. The second kappa shape index (κ2) is 3.12. The number of hydrogen-bond donors (Lipinski definition) is 0. The highest BCUT2D eigenvalue weighted by molar-refractivity contribution is 5.15. The van der Waals surface area contributed by atoms with Crippen LogP contribution in [0.2, 0.25) is 0 Å². The second-order valence-corrected chi connectivity index (χ2v) is 6.79. The standard InChI is InChI=1S/C15H24/c1-10-4-5-14-13(10)8-12-6-7-15(14,3)9-11(12)2/h10,12-14H,2,4-9H2,1,3H3/t10-,12+,13?,14?,15?/m0/s1. The van der Waals surface area contributed by atoms with Crippen molar-refractivity contribution in [3.63, 3.8) is 0 Å². The highest BCUT2D eigenvalue weighted by Crippen LogP contribution is 2.60. The number of rotatable bonds is 0. The van der Waals surface area contributed by atoms with Gasteiger partial charge in [-0.15, -0.1) is 0 Å². The molecule has 0 amide bonds. The summed E-state index contributed by atoms with van der Waals surface area (Å²) in [5.41, 5.74) is 2.21. The lowest BCUT2D eigenvalue weighted by Crippen LogP contribution is -2.30. The van der Waals surface area contributed by atoms with Gasteiger partial charge in [-0.05, 0) is 61.2 Å². The average Bonchev–Trinajstić information content (AvgIpc) is 2.41. The first-order valence-electron chi connectivity index (χ1n) is 6.78. The minimum atomic E-state index is 0.625. The van der Waals surface area contributed by atoms with Gasteiger partial charge < -0.3 is 0 Å². The van der Waals surface area contributed by atoms with Crippen LogP contribution in [0.5, 0.6) is 0 Å². The molecule has 0 aromatic rings. The number of hydrogen-bond acceptors (Lipinski definition) is 0. The molecule has 4 aliphatic carbocycles. The third-order valence-corrected chi connectivity index (χ3v) is 5.90. The molecule has 4 rings (SSSR count). The molecule has 5 atom stereocenters. The summed E-state index contributed by atoms with van der Waals surface area (Å²) in [6, 6.07) is 0. The quantitative estimate of drug-likeness (QED) is 0.513. The van der Waals surface area contributed by atoms with E-state index in [2.05, 4.69) is 20.4 Å². The fourth-order valence-corrected chi connectivity index (χ4v) is 4.92. The number of allylic oxidation sites excluding steroid dienone is 1. The fraction of sp³-hybridized carbons (Fsp3) is 0.867. The molecule has 0 N–H and O–H groups in total. The van der Waals surface area contributed by atoms with Crippen molar-refractivity contribution in [2.75, 3.05) is 0 Å². The second-order valence-electron chi connectivity index (χ2n) is 6.79. The third kappa shape index (κ3) is 1.33. The van der Waals surface area contributed by atoms with Gasteiger partial charge in [0, 0.05) is 0 Å². The summed E-state index contributed by atoms with van der Waals surface area (Å²) < 4.78 is 0. The summed E-state index contributed by atoms with van der Waals surface area (Å²) in [5, 5.41) is 0. The molecule has 3 unspecified atom stereocenters. The molecular formula is C15H24. The van der Waals surface area contributed by atoms with E-state index in [9.17, 15) is 0 Å². The molecule has 0 nitrogen and oxygen atoms in total. The maximum Gasteiger partial charge on any atom is -0.0203 e. The molecule has 84 valence electrons. The van der Waals surface area contributed by atoms with Crippen molar-refractivity contribution in [3.8, 4) is 0 Å². The van der Waals surface area contributed by atoms with Gasteiger partial charge in [0.25, 0.3) is 0 Å². The van der Waals surface area contributed by atoms with E-state index in [4.69, 9.17) is 0 Å². The van der Waals surface area contributed by atoms with Gasteiger partial charge in [-0.2, -0.15) is 0 Å². The Bertz CT molecular complexity index is 290. The maximum atomic E-state index is 4.35. The van der Waals surface area contributed by atoms with Gasteiger partial charge >= 0.3 is 0 Å². The summed E-state index contributed by atoms with van der Waals surface area (Å²) in [6.45, 7) is 9.39. The van der Waals surface area contributed by atoms with E-state index in [1.807, 2.05) is 0 Å². The lowest BCUT2D eigenvalue weighted by molar-refractivity contribution is 0.130. The van der Waals surface area contributed by atoms with Crippen LogP contribution >= 0.6 is 0 Å². The summed E-state index contributed by atoms with van der Waals surface area (Å²) in [6.07, 6.45) is 8.72. The molecule has 0 aromatic heterocycles. The molecule has 0 aliphatic heterocycles. The molecule has 0 heteroatoms. The van der Waals surface area contributed by atoms with Crippen molar-refractivity contribution >= 4 is 0 Å². The zero-order valence-electron chi connectivity index (χ0n) is 10.3. The monoisotopic (exact) mass is 204 g/mol. The summed E-state index contributed by atoms with van der Waals surface area (Å²) in [7, 11) is 0. The molecule has 0 heterocycles. The van der Waals surface area contributed by atoms with Crippen LogP contribution in [0.25, 0.3) is 0 Å². The van der Waals surface area contributed by atoms with Crippen LogP contribution in [0.15, 0.2) is 12.2 Å². The van der Waals surface area contributed by atoms with Crippen molar-refractivity contribution in [1.29, 1.82) is 0 Å². The van der Waals surface area contributed by atoms with Crippen LogP contribution < -0.4 is 0 Å². The smallest absolute Gasteiger partial charge is 0.0203 e. The molecule has 15 heavy (non-hydrogen) atoms. The van der Waals surface area contributed by atoms with E-state index in [1.165, 1.54) is 38.5 Å². The first kappa shape index (κ1) is 9.93. The zero-order chi connectivity index (χ0) is 10.6. The highest BCUT2D eigenvalue weighted by Gasteiger charge is 2.50. The van der Waals surface area contributed by atoms with Gasteiger partial charge in [-0.1, -0.05) is 32.4 Å². The molecule has 4 fully saturated rings. The number of fused-ring (bicyclic) bond motifs is 2. The van der Waals surface area contributed by atoms with Crippen molar-refractivity contribution in [3.05, 3.63) is 12.2 Å². The normalized spacial score (nSPS) is 54.1. The molecule has 4 saturated carbocycles. The van der Waals surface area contributed by atoms with Crippen molar-refractivity contribution in [2.45, 2.75) is 52.4 Å². The van der Waals surface area contributed by atoms with Crippen LogP contribution in [0, 0.1) is 29.1 Å². The maximum absolute atomic E-state index is 4.35. The Balaban J connectivity index is 1.98. The average molecular weight is 204 g/mol. The third-order valence-electron chi connectivity index (χ3n) is 5.90. The first-order chi connectivity index (χ1) is 7.10. The topological polar surface area (TPSA) is 0 Å². The van der Waals surface area contributed by atoms with Crippen molar-refractivity contribution in [2.24, 2.45) is 29.1 Å². The summed E-state index contributed by atoms with van der Waals surface area (Å²) in [4.78, 5) is 0. The predicted molar refractivity (Wildman–Crippen MR) is 64.6 cm³/mol. The minimum absolute atomic E-state index is 0.625. The van der Waals surface area contributed by atoms with Crippen LogP contribution in [-0.4, -0.2) is 0 Å².